The van der Waals surface area contributed by atoms with Crippen molar-refractivity contribution in [2.75, 3.05) is 11.9 Å². The van der Waals surface area contributed by atoms with E-state index in [1.165, 1.54) is 19.2 Å². The highest BCUT2D eigenvalue weighted by Crippen LogP contribution is 2.66. The van der Waals surface area contributed by atoms with Gasteiger partial charge in [-0.05, 0) is 42.5 Å². The zero-order valence-corrected chi connectivity index (χ0v) is 22.2. The Labute approximate surface area is 233 Å². The lowest BCUT2D eigenvalue weighted by Crippen LogP contribution is -2.60. The van der Waals surface area contributed by atoms with Crippen LogP contribution in [0.1, 0.15) is 29.9 Å². The summed E-state index contributed by atoms with van der Waals surface area (Å²) in [5.41, 5.74) is 1.68. The fourth-order valence-electron chi connectivity index (χ4n) is 6.87. The predicted molar refractivity (Wildman–Crippen MR) is 143 cm³/mol. The van der Waals surface area contributed by atoms with E-state index in [1.807, 2.05) is 0 Å². The number of likely N-dealkylation sites (tertiary alicyclic amines) is 1. The number of alkyl halides is 2. The minimum Gasteiger partial charge on any atom is -0.505 e. The molecule has 2 heterocycles. The number of aromatic hydroxyl groups is 1. The fraction of sp³-hybridized carbons (Fsp3) is 0.310. The number of hydrogen-bond acceptors (Lipinski definition) is 5. The molecule has 1 saturated carbocycles. The molecule has 6 rings (SSSR count). The van der Waals surface area contributed by atoms with Crippen LogP contribution in [0, 0.1) is 23.6 Å². The molecule has 4 amide bonds. The van der Waals surface area contributed by atoms with Crippen LogP contribution in [-0.2, 0) is 19.2 Å². The van der Waals surface area contributed by atoms with Crippen LogP contribution in [-0.4, -0.2) is 50.4 Å². The van der Waals surface area contributed by atoms with Crippen LogP contribution in [0.25, 0.3) is 6.08 Å². The molecule has 2 aromatic rings. The van der Waals surface area contributed by atoms with Crippen molar-refractivity contribution in [1.82, 2.24) is 4.90 Å². The minimum absolute atomic E-state index is 0.0190. The average Bonchev–Trinajstić information content (AvgIpc) is 3.25. The Balaban J connectivity index is 1.51. The van der Waals surface area contributed by atoms with Crippen molar-refractivity contribution in [2.45, 2.75) is 28.5 Å². The first-order valence-electron chi connectivity index (χ1n) is 12.5. The van der Waals surface area contributed by atoms with Crippen molar-refractivity contribution in [3.05, 3.63) is 77.6 Å². The van der Waals surface area contributed by atoms with E-state index in [0.29, 0.717) is 11.3 Å². The summed E-state index contributed by atoms with van der Waals surface area (Å²) in [6.07, 6.45) is 3.35. The number of fused-ring (bicyclic) bond motifs is 4. The smallest absolute Gasteiger partial charge is 0.253 e. The number of anilines is 1. The van der Waals surface area contributed by atoms with Gasteiger partial charge < -0.3 is 5.11 Å². The molecule has 2 saturated heterocycles. The normalized spacial score (nSPS) is 33.6. The van der Waals surface area contributed by atoms with Gasteiger partial charge in [0.25, 0.3) is 11.8 Å². The second-order valence-corrected chi connectivity index (χ2v) is 11.7. The van der Waals surface area contributed by atoms with Gasteiger partial charge in [-0.25, -0.2) is 4.39 Å². The molecule has 39 heavy (non-hydrogen) atoms. The highest BCUT2D eigenvalue weighted by Gasteiger charge is 2.76. The molecule has 6 atom stereocenters. The van der Waals surface area contributed by atoms with Crippen LogP contribution in [0.5, 0.6) is 5.75 Å². The lowest BCUT2D eigenvalue weighted by molar-refractivity contribution is -0.138. The van der Waals surface area contributed by atoms with Gasteiger partial charge in [0.2, 0.25) is 11.8 Å². The molecule has 0 unspecified atom stereocenters. The Morgan fingerprint density at radius 2 is 1.72 bits per heavy atom. The Kier molecular flexibility index (Phi) is 5.62. The van der Waals surface area contributed by atoms with E-state index in [2.05, 4.69) is 6.58 Å². The summed E-state index contributed by atoms with van der Waals surface area (Å²) in [4.78, 5) is 52.3. The van der Waals surface area contributed by atoms with Crippen molar-refractivity contribution < 1.29 is 28.7 Å². The largest absolute Gasteiger partial charge is 0.505 e. The third-order valence-electron chi connectivity index (χ3n) is 8.73. The summed E-state index contributed by atoms with van der Waals surface area (Å²) in [6, 6.07) is 10.6. The molecule has 0 bridgehead atoms. The number of amides is 4. The van der Waals surface area contributed by atoms with Crippen LogP contribution < -0.4 is 4.90 Å². The minimum atomic E-state index is -2.09. The van der Waals surface area contributed by atoms with E-state index in [0.717, 1.165) is 21.4 Å². The molecular formula is C29H23Cl2FN2O5. The van der Waals surface area contributed by atoms with E-state index in [1.54, 1.807) is 36.4 Å². The number of phenolic OH excluding ortho intramolecular Hbond substituents is 1. The number of rotatable bonds is 3. The number of para-hydroxylation sites is 1. The number of benzene rings is 2. The predicted octanol–water partition coefficient (Wildman–Crippen LogP) is 4.37. The summed E-state index contributed by atoms with van der Waals surface area (Å²) in [7, 11) is 1.26. The van der Waals surface area contributed by atoms with Gasteiger partial charge in [-0.3, -0.25) is 29.0 Å². The SMILES string of the molecule is C=Cc1ccc(N2C(=O)[C@H]3[C@H](CC=C4[C@H]3C[C@@]3(Cl)C(=O)N(C)C(=O)[C@@]3(Cl)[C@H]4c3cccc(F)c3O)C2=O)cc1. The third-order valence-corrected chi connectivity index (χ3v) is 10.1. The number of allylic oxidation sites excluding steroid dienone is 2. The summed E-state index contributed by atoms with van der Waals surface area (Å²) < 4.78 is 14.6. The van der Waals surface area contributed by atoms with Gasteiger partial charge in [0.15, 0.2) is 21.3 Å². The maximum absolute atomic E-state index is 14.6. The van der Waals surface area contributed by atoms with Gasteiger partial charge in [-0.2, -0.15) is 0 Å². The van der Waals surface area contributed by atoms with Gasteiger partial charge in [0.05, 0.1) is 17.5 Å². The number of halogens is 3. The molecule has 2 aliphatic carbocycles. The molecule has 7 nitrogen and oxygen atoms in total. The lowest BCUT2D eigenvalue weighted by Gasteiger charge is -2.50. The van der Waals surface area contributed by atoms with E-state index in [-0.39, 0.29) is 24.3 Å². The molecule has 200 valence electrons. The zero-order chi connectivity index (χ0) is 28.0. The molecule has 2 aliphatic heterocycles. The number of phenols is 1. The number of carbonyl (C=O) groups excluding carboxylic acids is 4. The molecule has 0 spiro atoms. The van der Waals surface area contributed by atoms with Crippen LogP contribution >= 0.6 is 23.2 Å². The quantitative estimate of drug-likeness (QED) is 0.337. The molecular weight excluding hydrogens is 546 g/mol. The Morgan fingerprint density at radius 3 is 2.38 bits per heavy atom. The van der Waals surface area contributed by atoms with Gasteiger partial charge >= 0.3 is 0 Å². The maximum Gasteiger partial charge on any atom is 0.253 e. The molecule has 1 N–H and O–H groups in total. The Hall–Kier alpha value is -3.49. The van der Waals surface area contributed by atoms with Crippen molar-refractivity contribution in [3.8, 4) is 5.75 Å². The Morgan fingerprint density at radius 1 is 1.03 bits per heavy atom. The average molecular weight is 569 g/mol. The molecule has 10 heteroatoms. The zero-order valence-electron chi connectivity index (χ0n) is 20.7. The highest BCUT2D eigenvalue weighted by molar-refractivity contribution is 6.53. The first-order chi connectivity index (χ1) is 18.5. The second kappa shape index (κ2) is 8.50. The van der Waals surface area contributed by atoms with Gasteiger partial charge in [0.1, 0.15) is 0 Å². The van der Waals surface area contributed by atoms with Crippen LogP contribution in [0.4, 0.5) is 10.1 Å². The molecule has 2 aromatic carbocycles. The Bertz CT molecular complexity index is 1520. The lowest BCUT2D eigenvalue weighted by atomic mass is 9.56. The summed E-state index contributed by atoms with van der Waals surface area (Å²) in [5.74, 6) is -7.63. The highest BCUT2D eigenvalue weighted by atomic mass is 35.5. The van der Waals surface area contributed by atoms with Crippen molar-refractivity contribution >= 4 is 58.6 Å². The van der Waals surface area contributed by atoms with Crippen molar-refractivity contribution in [1.29, 1.82) is 0 Å². The van der Waals surface area contributed by atoms with E-state index >= 15 is 0 Å². The first kappa shape index (κ1) is 25.8. The van der Waals surface area contributed by atoms with Crippen LogP contribution in [0.15, 0.2) is 60.7 Å². The number of imide groups is 2. The molecule has 3 fully saturated rings. The molecule has 0 aromatic heterocycles. The van der Waals surface area contributed by atoms with E-state index in [9.17, 15) is 28.7 Å². The van der Waals surface area contributed by atoms with Crippen molar-refractivity contribution in [2.24, 2.45) is 17.8 Å². The summed E-state index contributed by atoms with van der Waals surface area (Å²) in [6.45, 7) is 3.72. The summed E-state index contributed by atoms with van der Waals surface area (Å²) in [5, 5.41) is 10.7. The monoisotopic (exact) mass is 568 g/mol. The van der Waals surface area contributed by atoms with Gasteiger partial charge in [-0.1, -0.05) is 48.6 Å². The molecule has 0 radical (unpaired) electrons. The van der Waals surface area contributed by atoms with Gasteiger partial charge in [0, 0.05) is 18.5 Å². The maximum atomic E-state index is 14.6. The van der Waals surface area contributed by atoms with Crippen LogP contribution in [0.2, 0.25) is 0 Å². The fourth-order valence-corrected chi connectivity index (χ4v) is 7.88. The van der Waals surface area contributed by atoms with E-state index in [4.69, 9.17) is 23.2 Å². The topological polar surface area (TPSA) is 95.0 Å². The summed E-state index contributed by atoms with van der Waals surface area (Å²) >= 11 is 14.1. The number of nitrogens with zero attached hydrogens (tertiary/aromatic N) is 2. The van der Waals surface area contributed by atoms with Crippen LogP contribution in [0.3, 0.4) is 0 Å². The standard InChI is InChI=1S/C29H23Cl2FN2O5/c1-3-14-7-9-15(10-8-14)34-24(36)17-12-11-16-19(21(17)25(34)37)13-28(30)26(38)33(2)27(39)29(28,31)22(16)18-5-4-6-20(32)23(18)35/h3-11,17,19,21-22,35H,1,12-13H2,2H3/t17-,19+,21-,22+,28+,29-/m0/s1. The third kappa shape index (κ3) is 3.16. The molecule has 4 aliphatic rings. The number of hydrogen-bond donors (Lipinski definition) is 1. The van der Waals surface area contributed by atoms with Gasteiger partial charge in [-0.15, -0.1) is 23.2 Å². The second-order valence-electron chi connectivity index (χ2n) is 10.5. The first-order valence-corrected chi connectivity index (χ1v) is 13.2. The number of carbonyl (C=O) groups is 4. The van der Waals surface area contributed by atoms with E-state index < -0.39 is 62.7 Å². The van der Waals surface area contributed by atoms with Crippen molar-refractivity contribution in [3.63, 3.8) is 0 Å².